The highest BCUT2D eigenvalue weighted by molar-refractivity contribution is 6.07. The Balaban J connectivity index is 2.41. The summed E-state index contributed by atoms with van der Waals surface area (Å²) in [5.74, 6) is 0.102. The van der Waals surface area contributed by atoms with Crippen LogP contribution >= 0.6 is 0 Å². The van der Waals surface area contributed by atoms with Crippen LogP contribution in [0.4, 0.5) is 11.4 Å². The molecule has 0 saturated carbocycles. The van der Waals surface area contributed by atoms with E-state index in [1.165, 1.54) is 7.11 Å². The van der Waals surface area contributed by atoms with Gasteiger partial charge in [-0.25, -0.2) is 0 Å². The number of benzene rings is 2. The molecule has 0 spiro atoms. The minimum Gasteiger partial charge on any atom is -0.495 e. The summed E-state index contributed by atoms with van der Waals surface area (Å²) in [5, 5.41) is 11.9. The molecule has 1 amide bonds. The lowest BCUT2D eigenvalue weighted by atomic mass is 10.1. The van der Waals surface area contributed by atoms with Crippen molar-refractivity contribution in [3.8, 4) is 11.8 Å². The van der Waals surface area contributed by atoms with E-state index < -0.39 is 0 Å². The lowest BCUT2D eigenvalue weighted by Crippen LogP contribution is -2.15. The van der Waals surface area contributed by atoms with Gasteiger partial charge in [-0.15, -0.1) is 0 Å². The van der Waals surface area contributed by atoms with Crippen LogP contribution in [0.1, 0.15) is 21.5 Å². The number of hydrogen-bond acceptors (Lipinski definition) is 4. The molecule has 21 heavy (non-hydrogen) atoms. The second kappa shape index (κ2) is 5.97. The number of para-hydroxylation sites is 1. The number of nitrogens with zero attached hydrogens (tertiary/aromatic N) is 1. The second-order valence-corrected chi connectivity index (χ2v) is 4.52. The van der Waals surface area contributed by atoms with Crippen molar-refractivity contribution < 1.29 is 9.53 Å². The smallest absolute Gasteiger partial charge is 0.256 e. The zero-order valence-electron chi connectivity index (χ0n) is 11.8. The minimum atomic E-state index is -0.333. The average molecular weight is 281 g/mol. The number of nitriles is 1. The summed E-state index contributed by atoms with van der Waals surface area (Å²) in [6.45, 7) is 1.82. The largest absolute Gasteiger partial charge is 0.495 e. The van der Waals surface area contributed by atoms with Gasteiger partial charge in [0, 0.05) is 11.3 Å². The van der Waals surface area contributed by atoms with Gasteiger partial charge in [0.25, 0.3) is 5.91 Å². The van der Waals surface area contributed by atoms with Crippen molar-refractivity contribution in [2.24, 2.45) is 0 Å². The van der Waals surface area contributed by atoms with Crippen molar-refractivity contribution in [1.82, 2.24) is 0 Å². The lowest BCUT2D eigenvalue weighted by Gasteiger charge is -2.13. The second-order valence-electron chi connectivity index (χ2n) is 4.52. The average Bonchev–Trinajstić information content (AvgIpc) is 2.49. The summed E-state index contributed by atoms with van der Waals surface area (Å²) < 4.78 is 5.19. The SMILES string of the molecule is COc1cccc(C#N)c1NC(=O)c1cc(N)ccc1C. The number of rotatable bonds is 3. The predicted octanol–water partition coefficient (Wildman–Crippen LogP) is 2.71. The molecule has 5 heteroatoms. The van der Waals surface area contributed by atoms with Crippen molar-refractivity contribution in [3.63, 3.8) is 0 Å². The van der Waals surface area contributed by atoms with Crippen molar-refractivity contribution in [3.05, 3.63) is 53.1 Å². The van der Waals surface area contributed by atoms with Crippen molar-refractivity contribution in [1.29, 1.82) is 5.26 Å². The third-order valence-electron chi connectivity index (χ3n) is 3.11. The van der Waals surface area contributed by atoms with Gasteiger partial charge in [0.15, 0.2) is 0 Å². The number of nitrogens with two attached hydrogens (primary N) is 1. The van der Waals surface area contributed by atoms with E-state index in [1.807, 2.05) is 13.0 Å². The Morgan fingerprint density at radius 3 is 2.76 bits per heavy atom. The lowest BCUT2D eigenvalue weighted by molar-refractivity contribution is 0.102. The van der Waals surface area contributed by atoms with Crippen LogP contribution in [-0.4, -0.2) is 13.0 Å². The molecule has 0 atom stereocenters. The van der Waals surface area contributed by atoms with Gasteiger partial charge in [0.2, 0.25) is 0 Å². The maximum Gasteiger partial charge on any atom is 0.256 e. The van der Waals surface area contributed by atoms with Gasteiger partial charge in [-0.2, -0.15) is 5.26 Å². The Bertz CT molecular complexity index is 733. The summed E-state index contributed by atoms with van der Waals surface area (Å²) in [7, 11) is 1.48. The fourth-order valence-corrected chi connectivity index (χ4v) is 1.99. The maximum atomic E-state index is 12.4. The van der Waals surface area contributed by atoms with E-state index in [2.05, 4.69) is 5.32 Å². The fraction of sp³-hybridized carbons (Fsp3) is 0.125. The third kappa shape index (κ3) is 2.95. The first-order valence-electron chi connectivity index (χ1n) is 6.31. The molecule has 3 N–H and O–H groups in total. The molecule has 106 valence electrons. The number of nitrogen functional groups attached to an aromatic ring is 1. The maximum absolute atomic E-state index is 12.4. The Kier molecular flexibility index (Phi) is 4.10. The summed E-state index contributed by atoms with van der Waals surface area (Å²) in [4.78, 5) is 12.4. The molecule has 2 aromatic carbocycles. The number of anilines is 2. The molecule has 0 heterocycles. The molecule has 0 radical (unpaired) electrons. The fourth-order valence-electron chi connectivity index (χ4n) is 1.99. The van der Waals surface area contributed by atoms with Gasteiger partial charge in [-0.1, -0.05) is 12.1 Å². The molecule has 0 unspecified atom stereocenters. The topological polar surface area (TPSA) is 88.1 Å². The molecule has 2 aromatic rings. The highest BCUT2D eigenvalue weighted by Crippen LogP contribution is 2.28. The quantitative estimate of drug-likeness (QED) is 0.847. The zero-order chi connectivity index (χ0) is 15.4. The van der Waals surface area contributed by atoms with Crippen LogP contribution in [0.2, 0.25) is 0 Å². The van der Waals surface area contributed by atoms with E-state index in [4.69, 9.17) is 15.7 Å². The number of methoxy groups -OCH3 is 1. The van der Waals surface area contributed by atoms with E-state index in [0.29, 0.717) is 28.3 Å². The molecular formula is C16H15N3O2. The monoisotopic (exact) mass is 281 g/mol. The number of ether oxygens (including phenoxy) is 1. The number of carbonyl (C=O) groups is 1. The van der Waals surface area contributed by atoms with Crippen LogP contribution in [0.5, 0.6) is 5.75 Å². The Morgan fingerprint density at radius 1 is 1.33 bits per heavy atom. The van der Waals surface area contributed by atoms with E-state index in [-0.39, 0.29) is 5.91 Å². The number of carbonyl (C=O) groups excluding carboxylic acids is 1. The van der Waals surface area contributed by atoms with E-state index in [9.17, 15) is 4.79 Å². The first-order valence-corrected chi connectivity index (χ1v) is 6.31. The summed E-state index contributed by atoms with van der Waals surface area (Å²) >= 11 is 0. The molecule has 0 aliphatic heterocycles. The summed E-state index contributed by atoms with van der Waals surface area (Å²) in [6, 6.07) is 12.1. The van der Waals surface area contributed by atoms with Crippen molar-refractivity contribution >= 4 is 17.3 Å². The van der Waals surface area contributed by atoms with E-state index in [0.717, 1.165) is 5.56 Å². The highest BCUT2D eigenvalue weighted by atomic mass is 16.5. The van der Waals surface area contributed by atoms with Gasteiger partial charge in [0.1, 0.15) is 17.5 Å². The van der Waals surface area contributed by atoms with Gasteiger partial charge >= 0.3 is 0 Å². The third-order valence-corrected chi connectivity index (χ3v) is 3.11. The molecular weight excluding hydrogens is 266 g/mol. The summed E-state index contributed by atoms with van der Waals surface area (Å²) in [6.07, 6.45) is 0. The van der Waals surface area contributed by atoms with Crippen LogP contribution in [0.25, 0.3) is 0 Å². The number of amides is 1. The number of nitrogens with one attached hydrogen (secondary N) is 1. The van der Waals surface area contributed by atoms with Crippen LogP contribution in [-0.2, 0) is 0 Å². The number of aryl methyl sites for hydroxylation is 1. The molecule has 0 aliphatic carbocycles. The van der Waals surface area contributed by atoms with Crippen LogP contribution < -0.4 is 15.8 Å². The van der Waals surface area contributed by atoms with E-state index in [1.54, 1.807) is 36.4 Å². The molecule has 0 fully saturated rings. The standard InChI is InChI=1S/C16H15N3O2/c1-10-6-7-12(18)8-13(10)16(20)19-15-11(9-17)4-3-5-14(15)21-2/h3-8H,18H2,1-2H3,(H,19,20). The molecule has 5 nitrogen and oxygen atoms in total. The van der Waals surface area contributed by atoms with Gasteiger partial charge in [0.05, 0.1) is 12.7 Å². The van der Waals surface area contributed by atoms with Crippen molar-refractivity contribution in [2.45, 2.75) is 6.92 Å². The van der Waals surface area contributed by atoms with Crippen LogP contribution in [0.3, 0.4) is 0 Å². The van der Waals surface area contributed by atoms with Crippen molar-refractivity contribution in [2.75, 3.05) is 18.2 Å². The van der Waals surface area contributed by atoms with Gasteiger partial charge < -0.3 is 15.8 Å². The van der Waals surface area contributed by atoms with Crippen LogP contribution in [0.15, 0.2) is 36.4 Å². The first-order chi connectivity index (χ1) is 10.1. The Morgan fingerprint density at radius 2 is 2.10 bits per heavy atom. The predicted molar refractivity (Wildman–Crippen MR) is 81.3 cm³/mol. The Hall–Kier alpha value is -3.00. The molecule has 0 bridgehead atoms. The molecule has 2 rings (SSSR count). The minimum absolute atomic E-state index is 0.333. The normalized spacial score (nSPS) is 9.76. The summed E-state index contributed by atoms with van der Waals surface area (Å²) in [5.41, 5.74) is 8.18. The van der Waals surface area contributed by atoms with Gasteiger partial charge in [-0.05, 0) is 36.8 Å². The van der Waals surface area contributed by atoms with E-state index >= 15 is 0 Å². The Labute approximate surface area is 123 Å². The molecule has 0 aromatic heterocycles. The highest BCUT2D eigenvalue weighted by Gasteiger charge is 2.15. The zero-order valence-corrected chi connectivity index (χ0v) is 11.8. The first kappa shape index (κ1) is 14.4. The number of hydrogen-bond donors (Lipinski definition) is 2. The van der Waals surface area contributed by atoms with Crippen LogP contribution in [0, 0.1) is 18.3 Å². The van der Waals surface area contributed by atoms with Gasteiger partial charge in [-0.3, -0.25) is 4.79 Å². The molecule has 0 aliphatic rings. The molecule has 0 saturated heterocycles.